The molecule has 2 N–H and O–H groups in total. The fourth-order valence-corrected chi connectivity index (χ4v) is 3.20. The van der Waals surface area contributed by atoms with Crippen LogP contribution in [-0.2, 0) is 0 Å². The molecule has 0 aliphatic carbocycles. The Morgan fingerprint density at radius 2 is 1.80 bits per heavy atom. The van der Waals surface area contributed by atoms with E-state index >= 15 is 0 Å². The van der Waals surface area contributed by atoms with Gasteiger partial charge in [0.15, 0.2) is 3.57 Å². The summed E-state index contributed by atoms with van der Waals surface area (Å²) in [6.45, 7) is 0. The van der Waals surface area contributed by atoms with E-state index in [1.165, 1.54) is 6.20 Å². The van der Waals surface area contributed by atoms with Gasteiger partial charge in [-0.05, 0) is 12.1 Å². The molecular formula is C10H8IN2O2+. The standard InChI is InChI=1S/C10H7IN2O2/c14-9-8(6-12-10(15)13-9)11-7-4-2-1-3-5-7/h1-6H,(H-,12,13,14,15)/p+1. The lowest BCUT2D eigenvalue weighted by Gasteiger charge is -1.84. The second-order valence-electron chi connectivity index (χ2n) is 2.81. The zero-order valence-electron chi connectivity index (χ0n) is 7.66. The van der Waals surface area contributed by atoms with Crippen molar-refractivity contribution in [2.24, 2.45) is 0 Å². The Morgan fingerprint density at radius 3 is 2.47 bits per heavy atom. The van der Waals surface area contributed by atoms with Crippen molar-refractivity contribution in [3.8, 4) is 0 Å². The molecule has 0 amide bonds. The quantitative estimate of drug-likeness (QED) is 0.588. The fraction of sp³-hybridized carbons (Fsp3) is 0. The summed E-state index contributed by atoms with van der Waals surface area (Å²) in [4.78, 5) is 26.9. The Bertz CT molecular complexity index is 559. The van der Waals surface area contributed by atoms with Gasteiger partial charge in [-0.2, -0.15) is 0 Å². The molecule has 0 aliphatic heterocycles. The fourth-order valence-electron chi connectivity index (χ4n) is 1.06. The third kappa shape index (κ3) is 2.56. The molecule has 0 radical (unpaired) electrons. The van der Waals surface area contributed by atoms with Gasteiger partial charge >= 0.3 is 32.5 Å². The van der Waals surface area contributed by atoms with Crippen molar-refractivity contribution >= 4 is 0 Å². The minimum absolute atomic E-state index is 0.282. The molecule has 4 nitrogen and oxygen atoms in total. The van der Waals surface area contributed by atoms with E-state index in [9.17, 15) is 9.59 Å². The first-order valence-electron chi connectivity index (χ1n) is 4.27. The Hall–Kier alpha value is -1.37. The molecule has 1 heterocycles. The zero-order chi connectivity index (χ0) is 10.7. The van der Waals surface area contributed by atoms with Gasteiger partial charge in [0.25, 0.3) is 3.57 Å². The number of hydrogen-bond acceptors (Lipinski definition) is 2. The summed E-state index contributed by atoms with van der Waals surface area (Å²) in [5, 5.41) is 0. The molecule has 0 spiro atoms. The molecular weight excluding hydrogens is 307 g/mol. The van der Waals surface area contributed by atoms with E-state index in [1.807, 2.05) is 30.3 Å². The molecule has 76 valence electrons. The van der Waals surface area contributed by atoms with Crippen molar-refractivity contribution in [2.45, 2.75) is 0 Å². The van der Waals surface area contributed by atoms with Crippen LogP contribution in [0.5, 0.6) is 0 Å². The van der Waals surface area contributed by atoms with Crippen LogP contribution in [0, 0.1) is 7.14 Å². The first kappa shape index (κ1) is 10.2. The number of nitrogens with one attached hydrogen (secondary N) is 2. The van der Waals surface area contributed by atoms with E-state index in [0.29, 0.717) is 3.57 Å². The molecule has 0 aliphatic rings. The highest BCUT2D eigenvalue weighted by Crippen LogP contribution is 1.82. The maximum atomic E-state index is 11.4. The molecule has 0 saturated heterocycles. The summed E-state index contributed by atoms with van der Waals surface area (Å²) in [5.41, 5.74) is -0.740. The molecule has 2 rings (SSSR count). The van der Waals surface area contributed by atoms with E-state index in [2.05, 4.69) is 9.97 Å². The molecule has 1 aromatic heterocycles. The van der Waals surface area contributed by atoms with E-state index in [1.54, 1.807) is 0 Å². The third-order valence-electron chi connectivity index (χ3n) is 1.72. The highest BCUT2D eigenvalue weighted by molar-refractivity contribution is 4.99. The second-order valence-corrected chi connectivity index (χ2v) is 5.76. The van der Waals surface area contributed by atoms with Gasteiger partial charge in [0.05, 0.1) is 6.20 Å². The lowest BCUT2D eigenvalue weighted by Crippen LogP contribution is -3.62. The average Bonchev–Trinajstić information content (AvgIpc) is 2.24. The molecule has 0 atom stereocenters. The molecule has 1 aromatic carbocycles. The number of hydrogen-bond donors (Lipinski definition) is 2. The van der Waals surface area contributed by atoms with Gasteiger partial charge in [-0.15, -0.1) is 0 Å². The summed E-state index contributed by atoms with van der Waals surface area (Å²) >= 11 is -0.520. The smallest absolute Gasteiger partial charge is 0.310 e. The molecule has 2 aromatic rings. The predicted octanol–water partition coefficient (Wildman–Crippen LogP) is -2.81. The molecule has 15 heavy (non-hydrogen) atoms. The largest absolute Gasteiger partial charge is 0.365 e. The van der Waals surface area contributed by atoms with Crippen LogP contribution in [-0.4, -0.2) is 9.97 Å². The predicted molar refractivity (Wildman–Crippen MR) is 51.5 cm³/mol. The van der Waals surface area contributed by atoms with Gasteiger partial charge in [-0.3, -0.25) is 9.78 Å². The Morgan fingerprint density at radius 1 is 1.07 bits per heavy atom. The monoisotopic (exact) mass is 315 g/mol. The highest BCUT2D eigenvalue weighted by Gasteiger charge is 2.19. The molecule has 0 saturated carbocycles. The van der Waals surface area contributed by atoms with Crippen molar-refractivity contribution < 1.29 is 21.2 Å². The van der Waals surface area contributed by atoms with Gasteiger partial charge in [0.1, 0.15) is 0 Å². The van der Waals surface area contributed by atoms with Gasteiger partial charge in [-0.1, -0.05) is 18.2 Å². The molecule has 5 heteroatoms. The topological polar surface area (TPSA) is 65.7 Å². The van der Waals surface area contributed by atoms with Crippen LogP contribution in [0.25, 0.3) is 0 Å². The second kappa shape index (κ2) is 4.43. The third-order valence-corrected chi connectivity index (χ3v) is 4.44. The van der Waals surface area contributed by atoms with Gasteiger partial charge in [0.2, 0.25) is 0 Å². The molecule has 0 bridgehead atoms. The maximum Gasteiger partial charge on any atom is 0.365 e. The lowest BCUT2D eigenvalue weighted by molar-refractivity contribution is -0.599. The minimum Gasteiger partial charge on any atom is -0.310 e. The van der Waals surface area contributed by atoms with Gasteiger partial charge < -0.3 is 4.98 Å². The van der Waals surface area contributed by atoms with Crippen molar-refractivity contribution in [2.75, 3.05) is 0 Å². The van der Waals surface area contributed by atoms with Crippen LogP contribution in [0.2, 0.25) is 0 Å². The van der Waals surface area contributed by atoms with E-state index < -0.39 is 26.9 Å². The van der Waals surface area contributed by atoms with Crippen molar-refractivity contribution in [3.05, 3.63) is 64.5 Å². The van der Waals surface area contributed by atoms with Crippen LogP contribution < -0.4 is 32.5 Å². The number of benzene rings is 1. The summed E-state index contributed by atoms with van der Waals surface area (Å²) in [5.74, 6) is 0. The summed E-state index contributed by atoms with van der Waals surface area (Å²) < 4.78 is 1.81. The zero-order valence-corrected chi connectivity index (χ0v) is 9.82. The first-order chi connectivity index (χ1) is 7.25. The Labute approximate surface area is 95.6 Å². The van der Waals surface area contributed by atoms with E-state index in [4.69, 9.17) is 0 Å². The summed E-state index contributed by atoms with van der Waals surface area (Å²) in [6, 6.07) is 9.78. The van der Waals surface area contributed by atoms with Crippen LogP contribution in [0.15, 0.2) is 46.1 Å². The average molecular weight is 315 g/mol. The normalized spacial score (nSPS) is 10.1. The van der Waals surface area contributed by atoms with Gasteiger partial charge in [-0.25, -0.2) is 4.79 Å². The molecule has 0 unspecified atom stereocenters. The van der Waals surface area contributed by atoms with Gasteiger partial charge in [0, 0.05) is 0 Å². The number of halogens is 1. The number of aromatic amines is 2. The number of H-pyrrole nitrogens is 2. The van der Waals surface area contributed by atoms with Crippen LogP contribution in [0.1, 0.15) is 0 Å². The van der Waals surface area contributed by atoms with E-state index in [0.717, 1.165) is 3.57 Å². The van der Waals surface area contributed by atoms with Crippen molar-refractivity contribution in [1.82, 2.24) is 9.97 Å². The number of aromatic nitrogens is 2. The van der Waals surface area contributed by atoms with E-state index in [-0.39, 0.29) is 5.56 Å². The maximum absolute atomic E-state index is 11.4. The molecule has 0 fully saturated rings. The minimum atomic E-state index is -0.520. The lowest BCUT2D eigenvalue weighted by atomic mass is 10.4. The van der Waals surface area contributed by atoms with Crippen LogP contribution in [0.3, 0.4) is 0 Å². The van der Waals surface area contributed by atoms with Crippen molar-refractivity contribution in [3.63, 3.8) is 0 Å². The SMILES string of the molecule is O=c1[nH]cc([I+]c2ccccc2)c(=O)[nH]1. The Kier molecular flexibility index (Phi) is 3.00. The number of rotatable bonds is 2. The highest BCUT2D eigenvalue weighted by atomic mass is 127. The Balaban J connectivity index is 2.33. The van der Waals surface area contributed by atoms with Crippen LogP contribution in [0.4, 0.5) is 0 Å². The summed E-state index contributed by atoms with van der Waals surface area (Å²) in [7, 11) is 0. The van der Waals surface area contributed by atoms with Crippen molar-refractivity contribution in [1.29, 1.82) is 0 Å². The summed E-state index contributed by atoms with van der Waals surface area (Å²) in [6.07, 6.45) is 1.50. The van der Waals surface area contributed by atoms with Crippen LogP contribution >= 0.6 is 0 Å². The first-order valence-corrected chi connectivity index (χ1v) is 6.43.